The summed E-state index contributed by atoms with van der Waals surface area (Å²) in [6.07, 6.45) is 0.374. The molecule has 7 heteroatoms. The average molecular weight is 329 g/mol. The molecule has 2 aromatic rings. The van der Waals surface area contributed by atoms with E-state index in [9.17, 15) is 14.4 Å². The summed E-state index contributed by atoms with van der Waals surface area (Å²) in [5.74, 6) is -1.81. The van der Waals surface area contributed by atoms with Crippen molar-refractivity contribution in [2.45, 2.75) is 32.9 Å². The average Bonchev–Trinajstić information content (AvgIpc) is 3.32. The lowest BCUT2D eigenvalue weighted by Crippen LogP contribution is -2.39. The fourth-order valence-electron chi connectivity index (χ4n) is 2.84. The van der Waals surface area contributed by atoms with Crippen LogP contribution in [0.3, 0.4) is 0 Å². The van der Waals surface area contributed by atoms with E-state index in [-0.39, 0.29) is 24.1 Å². The third-order valence-corrected chi connectivity index (χ3v) is 4.31. The smallest absolute Gasteiger partial charge is 0.307 e. The van der Waals surface area contributed by atoms with Gasteiger partial charge in [0.2, 0.25) is 5.91 Å². The van der Waals surface area contributed by atoms with Crippen molar-refractivity contribution in [3.05, 3.63) is 40.4 Å². The van der Waals surface area contributed by atoms with E-state index in [0.29, 0.717) is 23.1 Å². The molecule has 2 atom stereocenters. The summed E-state index contributed by atoms with van der Waals surface area (Å²) in [5, 5.41) is 9.50. The molecule has 0 saturated heterocycles. The fourth-order valence-corrected chi connectivity index (χ4v) is 2.84. The Morgan fingerprint density at radius 1 is 1.33 bits per heavy atom. The van der Waals surface area contributed by atoms with Gasteiger partial charge in [-0.1, -0.05) is 12.1 Å². The molecule has 1 saturated carbocycles. The molecule has 1 aliphatic rings. The SMILES string of the molecule is CC(C)N(Cc1nc2ccccc2c(=O)[nH]1)C(=O)[C@H]1C[C@@H]1C(=O)O. The summed E-state index contributed by atoms with van der Waals surface area (Å²) in [6.45, 7) is 3.86. The van der Waals surface area contributed by atoms with E-state index < -0.39 is 17.8 Å². The van der Waals surface area contributed by atoms with Crippen LogP contribution in [-0.2, 0) is 16.1 Å². The number of carboxylic acids is 1. The maximum absolute atomic E-state index is 12.6. The molecule has 1 fully saturated rings. The molecule has 1 aromatic heterocycles. The van der Waals surface area contributed by atoms with Gasteiger partial charge in [-0.3, -0.25) is 14.4 Å². The maximum Gasteiger partial charge on any atom is 0.307 e. The van der Waals surface area contributed by atoms with Crippen molar-refractivity contribution in [3.8, 4) is 0 Å². The summed E-state index contributed by atoms with van der Waals surface area (Å²) < 4.78 is 0. The van der Waals surface area contributed by atoms with Crippen molar-refractivity contribution in [2.75, 3.05) is 0 Å². The largest absolute Gasteiger partial charge is 0.481 e. The normalized spacial score (nSPS) is 19.5. The van der Waals surface area contributed by atoms with Crippen molar-refractivity contribution in [1.82, 2.24) is 14.9 Å². The van der Waals surface area contributed by atoms with Crippen LogP contribution in [0.2, 0.25) is 0 Å². The molecule has 0 unspecified atom stereocenters. The second-order valence-electron chi connectivity index (χ2n) is 6.38. The first-order valence-electron chi connectivity index (χ1n) is 7.89. The molecule has 7 nitrogen and oxygen atoms in total. The Morgan fingerprint density at radius 2 is 2.04 bits per heavy atom. The third kappa shape index (κ3) is 3.02. The molecule has 0 bridgehead atoms. The van der Waals surface area contributed by atoms with Crippen LogP contribution in [-0.4, -0.2) is 37.9 Å². The molecule has 1 aromatic carbocycles. The number of nitrogens with zero attached hydrogens (tertiary/aromatic N) is 2. The van der Waals surface area contributed by atoms with Gasteiger partial charge in [-0.2, -0.15) is 0 Å². The summed E-state index contributed by atoms with van der Waals surface area (Å²) in [7, 11) is 0. The lowest BCUT2D eigenvalue weighted by molar-refractivity contribution is -0.142. The third-order valence-electron chi connectivity index (χ3n) is 4.31. The lowest BCUT2D eigenvalue weighted by Gasteiger charge is -2.26. The summed E-state index contributed by atoms with van der Waals surface area (Å²) in [4.78, 5) is 44.4. The summed E-state index contributed by atoms with van der Waals surface area (Å²) in [6, 6.07) is 6.88. The van der Waals surface area contributed by atoms with Gasteiger partial charge in [0, 0.05) is 6.04 Å². The zero-order chi connectivity index (χ0) is 17.4. The number of carboxylic acid groups (broad SMARTS) is 1. The molecular weight excluding hydrogens is 310 g/mol. The van der Waals surface area contributed by atoms with Gasteiger partial charge in [0.1, 0.15) is 5.82 Å². The predicted octanol–water partition coefficient (Wildman–Crippen LogP) is 1.38. The highest BCUT2D eigenvalue weighted by Gasteiger charge is 2.50. The maximum atomic E-state index is 12.6. The van der Waals surface area contributed by atoms with Crippen molar-refractivity contribution in [1.29, 1.82) is 0 Å². The first-order chi connectivity index (χ1) is 11.4. The molecule has 126 valence electrons. The van der Waals surface area contributed by atoms with E-state index in [0.717, 1.165) is 0 Å². The molecular formula is C17H19N3O4. The fraction of sp³-hybridized carbons (Fsp3) is 0.412. The van der Waals surface area contributed by atoms with Gasteiger partial charge in [-0.25, -0.2) is 4.98 Å². The summed E-state index contributed by atoms with van der Waals surface area (Å²) in [5.41, 5.74) is 0.323. The second-order valence-corrected chi connectivity index (χ2v) is 6.38. The predicted molar refractivity (Wildman–Crippen MR) is 87.3 cm³/mol. The number of amides is 1. The van der Waals surface area contributed by atoms with Gasteiger partial charge in [0.05, 0.1) is 29.3 Å². The Morgan fingerprint density at radius 3 is 2.67 bits per heavy atom. The number of para-hydroxylation sites is 1. The molecule has 0 spiro atoms. The number of aromatic nitrogens is 2. The first-order valence-corrected chi connectivity index (χ1v) is 7.89. The van der Waals surface area contributed by atoms with Crippen molar-refractivity contribution >= 4 is 22.8 Å². The Labute approximate surface area is 138 Å². The number of carbonyl (C=O) groups excluding carboxylic acids is 1. The number of fused-ring (bicyclic) bond motifs is 1. The van der Waals surface area contributed by atoms with Crippen molar-refractivity contribution in [2.24, 2.45) is 11.8 Å². The zero-order valence-electron chi connectivity index (χ0n) is 13.5. The number of rotatable bonds is 5. The van der Waals surface area contributed by atoms with Gasteiger partial charge in [-0.05, 0) is 32.4 Å². The van der Waals surface area contributed by atoms with Crippen LogP contribution in [0.25, 0.3) is 10.9 Å². The number of nitrogens with one attached hydrogen (secondary N) is 1. The number of aromatic amines is 1. The van der Waals surface area contributed by atoms with Gasteiger partial charge in [0.15, 0.2) is 0 Å². The molecule has 2 N–H and O–H groups in total. The molecule has 1 amide bonds. The minimum atomic E-state index is -0.936. The Balaban J connectivity index is 1.85. The molecule has 3 rings (SSSR count). The number of hydrogen-bond acceptors (Lipinski definition) is 4. The lowest BCUT2D eigenvalue weighted by atomic mass is 10.2. The quantitative estimate of drug-likeness (QED) is 0.862. The molecule has 1 aliphatic carbocycles. The van der Waals surface area contributed by atoms with Gasteiger partial charge < -0.3 is 15.0 Å². The highest BCUT2D eigenvalue weighted by atomic mass is 16.4. The molecule has 24 heavy (non-hydrogen) atoms. The van der Waals surface area contributed by atoms with Crippen molar-refractivity contribution in [3.63, 3.8) is 0 Å². The number of aliphatic carboxylic acids is 1. The van der Waals surface area contributed by atoms with Crippen LogP contribution >= 0.6 is 0 Å². The van der Waals surface area contributed by atoms with E-state index >= 15 is 0 Å². The van der Waals surface area contributed by atoms with Crippen LogP contribution in [0.5, 0.6) is 0 Å². The van der Waals surface area contributed by atoms with Gasteiger partial charge in [-0.15, -0.1) is 0 Å². The number of H-pyrrole nitrogens is 1. The van der Waals surface area contributed by atoms with Crippen LogP contribution in [0.1, 0.15) is 26.1 Å². The first kappa shape index (κ1) is 16.2. The highest BCUT2D eigenvalue weighted by Crippen LogP contribution is 2.40. The topological polar surface area (TPSA) is 103 Å². The number of carbonyl (C=O) groups is 2. The molecule has 0 aliphatic heterocycles. The van der Waals surface area contributed by atoms with E-state index in [2.05, 4.69) is 9.97 Å². The molecule has 1 heterocycles. The van der Waals surface area contributed by atoms with Crippen LogP contribution < -0.4 is 5.56 Å². The minimum absolute atomic E-state index is 0.121. The molecule has 0 radical (unpaired) electrons. The van der Waals surface area contributed by atoms with E-state index in [1.807, 2.05) is 13.8 Å². The van der Waals surface area contributed by atoms with E-state index in [4.69, 9.17) is 5.11 Å². The Kier molecular flexibility index (Phi) is 4.09. The van der Waals surface area contributed by atoms with Crippen LogP contribution in [0, 0.1) is 11.8 Å². The standard InChI is InChI=1S/C17H19N3O4/c1-9(2)20(16(22)11-7-12(11)17(23)24)8-14-18-13-6-4-3-5-10(13)15(21)19-14/h3-6,9,11-12H,7-8H2,1-2H3,(H,23,24)(H,18,19,21)/t11-,12-/m0/s1. The van der Waals surface area contributed by atoms with Crippen molar-refractivity contribution < 1.29 is 14.7 Å². The van der Waals surface area contributed by atoms with E-state index in [1.165, 1.54) is 0 Å². The Hall–Kier alpha value is -2.70. The minimum Gasteiger partial charge on any atom is -0.481 e. The van der Waals surface area contributed by atoms with Gasteiger partial charge in [0.25, 0.3) is 5.56 Å². The monoisotopic (exact) mass is 329 g/mol. The summed E-state index contributed by atoms with van der Waals surface area (Å²) >= 11 is 0. The Bertz CT molecular complexity index is 858. The highest BCUT2D eigenvalue weighted by molar-refractivity contribution is 5.89. The number of benzene rings is 1. The van der Waals surface area contributed by atoms with Crippen LogP contribution in [0.15, 0.2) is 29.1 Å². The number of hydrogen-bond donors (Lipinski definition) is 2. The zero-order valence-corrected chi connectivity index (χ0v) is 13.5. The second kappa shape index (κ2) is 6.07. The van der Waals surface area contributed by atoms with Gasteiger partial charge >= 0.3 is 5.97 Å². The van der Waals surface area contributed by atoms with E-state index in [1.54, 1.807) is 29.2 Å². The van der Waals surface area contributed by atoms with Crippen LogP contribution in [0.4, 0.5) is 0 Å².